The number of hydrogen-bond donors (Lipinski definition) is 2. The molecule has 1 amide bonds. The topological polar surface area (TPSA) is 64.3 Å². The predicted molar refractivity (Wildman–Crippen MR) is 93.6 cm³/mol. The van der Waals surface area contributed by atoms with E-state index in [9.17, 15) is 4.79 Å². The monoisotopic (exact) mass is 377 g/mol. The highest BCUT2D eigenvalue weighted by molar-refractivity contribution is 9.10. The summed E-state index contributed by atoms with van der Waals surface area (Å²) in [6.07, 6.45) is 3.55. The normalized spacial score (nSPS) is 15.7. The maximum atomic E-state index is 12.1. The van der Waals surface area contributed by atoms with Crippen molar-refractivity contribution in [3.63, 3.8) is 0 Å². The van der Waals surface area contributed by atoms with E-state index >= 15 is 0 Å². The third kappa shape index (κ3) is 4.11. The van der Waals surface area contributed by atoms with Crippen LogP contribution in [0.5, 0.6) is 0 Å². The van der Waals surface area contributed by atoms with Crippen molar-refractivity contribution in [3.05, 3.63) is 46.3 Å². The molecule has 0 aromatic carbocycles. The maximum Gasteiger partial charge on any atom is 0.267 e. The standard InChI is InChI=1S/C16H20BrN5O/c1-21-4-6-22(7-5-21)15-8-12(2-3-18-15)10-20-16(23)14-9-13(17)11-19-14/h2-3,8-9,11,19H,4-7,10H2,1H3,(H,20,23). The number of carbonyl (C=O) groups is 1. The van der Waals surface area contributed by atoms with Gasteiger partial charge in [-0.05, 0) is 46.7 Å². The van der Waals surface area contributed by atoms with E-state index in [1.165, 1.54) is 0 Å². The first-order valence-electron chi connectivity index (χ1n) is 7.62. The SMILES string of the molecule is CN1CCN(c2cc(CNC(=O)c3cc(Br)c[nH]3)ccn2)CC1. The third-order valence-corrected chi connectivity index (χ3v) is 4.44. The molecule has 2 aromatic heterocycles. The highest BCUT2D eigenvalue weighted by atomic mass is 79.9. The molecule has 1 saturated heterocycles. The van der Waals surface area contributed by atoms with E-state index in [1.54, 1.807) is 18.5 Å². The fourth-order valence-electron chi connectivity index (χ4n) is 2.56. The van der Waals surface area contributed by atoms with E-state index in [-0.39, 0.29) is 5.91 Å². The first-order valence-corrected chi connectivity index (χ1v) is 8.41. The fourth-order valence-corrected chi connectivity index (χ4v) is 2.90. The molecular formula is C16H20BrN5O. The Morgan fingerprint density at radius 1 is 1.35 bits per heavy atom. The lowest BCUT2D eigenvalue weighted by Crippen LogP contribution is -2.44. The largest absolute Gasteiger partial charge is 0.356 e. The summed E-state index contributed by atoms with van der Waals surface area (Å²) in [6.45, 7) is 4.54. The summed E-state index contributed by atoms with van der Waals surface area (Å²) in [6, 6.07) is 5.75. The summed E-state index contributed by atoms with van der Waals surface area (Å²) in [5, 5.41) is 2.92. The average molecular weight is 378 g/mol. The molecule has 0 aliphatic carbocycles. The minimum atomic E-state index is -0.117. The molecule has 2 N–H and O–H groups in total. The van der Waals surface area contributed by atoms with Crippen LogP contribution in [-0.4, -0.2) is 54.0 Å². The van der Waals surface area contributed by atoms with E-state index in [2.05, 4.69) is 54.1 Å². The van der Waals surface area contributed by atoms with Crippen molar-refractivity contribution in [3.8, 4) is 0 Å². The van der Waals surface area contributed by atoms with Gasteiger partial charge in [0.1, 0.15) is 11.5 Å². The van der Waals surface area contributed by atoms with Gasteiger partial charge in [-0.2, -0.15) is 0 Å². The summed E-state index contributed by atoms with van der Waals surface area (Å²) in [5.74, 6) is 0.862. The van der Waals surface area contributed by atoms with Gasteiger partial charge >= 0.3 is 0 Å². The highest BCUT2D eigenvalue weighted by Crippen LogP contribution is 2.15. The molecule has 6 nitrogen and oxygen atoms in total. The molecule has 0 saturated carbocycles. The van der Waals surface area contributed by atoms with E-state index in [0.29, 0.717) is 12.2 Å². The molecule has 0 bridgehead atoms. The lowest BCUT2D eigenvalue weighted by Gasteiger charge is -2.33. The maximum absolute atomic E-state index is 12.1. The van der Waals surface area contributed by atoms with Crippen LogP contribution in [0.25, 0.3) is 0 Å². The van der Waals surface area contributed by atoms with E-state index in [1.807, 2.05) is 6.07 Å². The number of piperazine rings is 1. The first-order chi connectivity index (χ1) is 11.1. The van der Waals surface area contributed by atoms with Crippen LogP contribution in [0.1, 0.15) is 16.1 Å². The number of amides is 1. The van der Waals surface area contributed by atoms with Gasteiger partial charge in [-0.1, -0.05) is 0 Å². The van der Waals surface area contributed by atoms with Crippen molar-refractivity contribution < 1.29 is 4.79 Å². The number of carbonyl (C=O) groups excluding carboxylic acids is 1. The Balaban J connectivity index is 1.60. The number of nitrogens with zero attached hydrogens (tertiary/aromatic N) is 3. The molecule has 7 heteroatoms. The number of H-pyrrole nitrogens is 1. The number of anilines is 1. The molecule has 3 rings (SSSR count). The lowest BCUT2D eigenvalue weighted by molar-refractivity contribution is 0.0946. The zero-order valence-electron chi connectivity index (χ0n) is 13.1. The molecule has 1 fully saturated rings. The van der Waals surface area contributed by atoms with Crippen LogP contribution in [0.4, 0.5) is 5.82 Å². The number of aromatic nitrogens is 2. The number of pyridine rings is 1. The molecule has 0 unspecified atom stereocenters. The second-order valence-corrected chi connectivity index (χ2v) is 6.64. The van der Waals surface area contributed by atoms with Gasteiger partial charge in [0.2, 0.25) is 0 Å². The second-order valence-electron chi connectivity index (χ2n) is 5.73. The van der Waals surface area contributed by atoms with Crippen molar-refractivity contribution in [1.29, 1.82) is 0 Å². The van der Waals surface area contributed by atoms with Crippen LogP contribution in [0.3, 0.4) is 0 Å². The lowest BCUT2D eigenvalue weighted by atomic mass is 10.2. The summed E-state index contributed by atoms with van der Waals surface area (Å²) < 4.78 is 0.865. The van der Waals surface area contributed by atoms with Crippen LogP contribution in [-0.2, 0) is 6.54 Å². The van der Waals surface area contributed by atoms with Gasteiger partial charge in [0.05, 0.1) is 0 Å². The molecule has 0 spiro atoms. The van der Waals surface area contributed by atoms with Crippen LogP contribution in [0.15, 0.2) is 35.1 Å². The zero-order valence-corrected chi connectivity index (χ0v) is 14.6. The summed E-state index contributed by atoms with van der Waals surface area (Å²) in [5.41, 5.74) is 1.60. The van der Waals surface area contributed by atoms with Crippen molar-refractivity contribution in [2.45, 2.75) is 6.54 Å². The Hall–Kier alpha value is -1.86. The van der Waals surface area contributed by atoms with Gasteiger partial charge in [0, 0.05) is 49.6 Å². The van der Waals surface area contributed by atoms with Gasteiger partial charge < -0.3 is 20.1 Å². The molecule has 1 aliphatic heterocycles. The Morgan fingerprint density at radius 2 is 2.13 bits per heavy atom. The van der Waals surface area contributed by atoms with Gasteiger partial charge in [0.15, 0.2) is 0 Å². The fraction of sp³-hybridized carbons (Fsp3) is 0.375. The van der Waals surface area contributed by atoms with Crippen molar-refractivity contribution in [2.75, 3.05) is 38.1 Å². The number of likely N-dealkylation sites (N-methyl/N-ethyl adjacent to an activating group) is 1. The molecule has 2 aromatic rings. The van der Waals surface area contributed by atoms with E-state index in [0.717, 1.165) is 42.0 Å². The van der Waals surface area contributed by atoms with Crippen molar-refractivity contribution >= 4 is 27.7 Å². The van der Waals surface area contributed by atoms with Crippen LogP contribution >= 0.6 is 15.9 Å². The number of nitrogens with one attached hydrogen (secondary N) is 2. The predicted octanol–water partition coefficient (Wildman–Crippen LogP) is 1.85. The van der Waals surface area contributed by atoms with Gasteiger partial charge in [-0.15, -0.1) is 0 Å². The van der Waals surface area contributed by atoms with Crippen molar-refractivity contribution in [1.82, 2.24) is 20.2 Å². The van der Waals surface area contributed by atoms with Crippen LogP contribution < -0.4 is 10.2 Å². The first kappa shape index (κ1) is 16.0. The number of halogens is 1. The summed E-state index contributed by atoms with van der Waals surface area (Å²) >= 11 is 3.33. The Kier molecular flexibility index (Phi) is 4.97. The van der Waals surface area contributed by atoms with Crippen LogP contribution in [0, 0.1) is 0 Å². The second kappa shape index (κ2) is 7.14. The Labute approximate surface area is 144 Å². The molecule has 0 radical (unpaired) electrons. The third-order valence-electron chi connectivity index (χ3n) is 3.98. The average Bonchev–Trinajstić information content (AvgIpc) is 3.00. The van der Waals surface area contributed by atoms with E-state index in [4.69, 9.17) is 0 Å². The zero-order chi connectivity index (χ0) is 16.2. The van der Waals surface area contributed by atoms with Gasteiger partial charge in [0.25, 0.3) is 5.91 Å². The van der Waals surface area contributed by atoms with Gasteiger partial charge in [-0.25, -0.2) is 4.98 Å². The quantitative estimate of drug-likeness (QED) is 0.853. The highest BCUT2D eigenvalue weighted by Gasteiger charge is 2.15. The number of rotatable bonds is 4. The van der Waals surface area contributed by atoms with Crippen molar-refractivity contribution in [2.24, 2.45) is 0 Å². The summed E-state index contributed by atoms with van der Waals surface area (Å²) in [4.78, 5) is 24.0. The Morgan fingerprint density at radius 3 is 2.83 bits per heavy atom. The number of hydrogen-bond acceptors (Lipinski definition) is 4. The van der Waals surface area contributed by atoms with E-state index < -0.39 is 0 Å². The van der Waals surface area contributed by atoms with Crippen LogP contribution in [0.2, 0.25) is 0 Å². The minimum Gasteiger partial charge on any atom is -0.356 e. The number of aromatic amines is 1. The summed E-state index contributed by atoms with van der Waals surface area (Å²) in [7, 11) is 2.13. The molecular weight excluding hydrogens is 358 g/mol. The Bertz CT molecular complexity index is 679. The molecule has 0 atom stereocenters. The smallest absolute Gasteiger partial charge is 0.267 e. The van der Waals surface area contributed by atoms with Gasteiger partial charge in [-0.3, -0.25) is 4.79 Å². The molecule has 122 valence electrons. The molecule has 23 heavy (non-hydrogen) atoms. The molecule has 1 aliphatic rings. The minimum absolute atomic E-state index is 0.117. The molecule has 3 heterocycles.